The first-order chi connectivity index (χ1) is 24.0. The average molecular weight is 672 g/mol. The first kappa shape index (κ1) is 35.6. The summed E-state index contributed by atoms with van der Waals surface area (Å²) < 4.78 is 32.4. The first-order valence-corrected chi connectivity index (χ1v) is 15.7. The van der Waals surface area contributed by atoms with Crippen molar-refractivity contribution < 1.29 is 33.9 Å². The van der Waals surface area contributed by atoms with E-state index in [2.05, 4.69) is 30.1 Å². The highest BCUT2D eigenvalue weighted by Crippen LogP contribution is 2.35. The SMILES string of the molecule is [N-]=[N+]=NC[C@@H]1O[C@@H](O[C@H]2[C@H](O)[C@@H](O)[C@H](N=[N+]=[N-])C[C@@H]2N=[N+]=[N-])[C@@H](OCc2ccccc2)[C@H](OCc2ccccc2)[C@H]1OCc1ccccc1. The second kappa shape index (κ2) is 18.2. The maximum absolute atomic E-state index is 11.2. The van der Waals surface area contributed by atoms with Crippen molar-refractivity contribution in [1.29, 1.82) is 0 Å². The Hall–Kier alpha value is -4.69. The highest BCUT2D eigenvalue weighted by Gasteiger charge is 2.52. The fourth-order valence-corrected chi connectivity index (χ4v) is 5.98. The summed E-state index contributed by atoms with van der Waals surface area (Å²) in [7, 11) is 0. The van der Waals surface area contributed by atoms with Crippen molar-refractivity contribution in [3.63, 3.8) is 0 Å². The van der Waals surface area contributed by atoms with Crippen LogP contribution in [0.1, 0.15) is 23.1 Å². The molecule has 2 N–H and O–H groups in total. The van der Waals surface area contributed by atoms with Gasteiger partial charge in [-0.2, -0.15) is 0 Å². The van der Waals surface area contributed by atoms with Crippen LogP contribution in [0.15, 0.2) is 106 Å². The van der Waals surface area contributed by atoms with Crippen molar-refractivity contribution in [3.8, 4) is 0 Å². The molecule has 2 fully saturated rings. The van der Waals surface area contributed by atoms with E-state index in [1.54, 1.807) is 0 Å². The molecule has 1 saturated heterocycles. The molecule has 0 unspecified atom stereocenters. The minimum absolute atomic E-state index is 0.0990. The number of ether oxygens (including phenoxy) is 5. The van der Waals surface area contributed by atoms with E-state index < -0.39 is 61.1 Å². The van der Waals surface area contributed by atoms with Crippen molar-refractivity contribution in [2.24, 2.45) is 15.3 Å². The predicted octanol–water partition coefficient (Wildman–Crippen LogP) is 5.65. The summed E-state index contributed by atoms with van der Waals surface area (Å²) in [5.41, 5.74) is 30.2. The van der Waals surface area contributed by atoms with Crippen LogP contribution < -0.4 is 0 Å². The Morgan fingerprint density at radius 1 is 0.612 bits per heavy atom. The molecule has 256 valence electrons. The fraction of sp³-hybridized carbons (Fsp3) is 0.455. The topological polar surface area (TPSA) is 233 Å². The van der Waals surface area contributed by atoms with Crippen LogP contribution in [-0.2, 0) is 43.5 Å². The van der Waals surface area contributed by atoms with Gasteiger partial charge < -0.3 is 33.9 Å². The fourth-order valence-electron chi connectivity index (χ4n) is 5.98. The summed E-state index contributed by atoms with van der Waals surface area (Å²) in [6.45, 7) is 0.280. The Morgan fingerprint density at radius 2 is 1.10 bits per heavy atom. The van der Waals surface area contributed by atoms with E-state index in [9.17, 15) is 21.3 Å². The minimum Gasteiger partial charge on any atom is -0.390 e. The Balaban J connectivity index is 1.52. The molecule has 0 bridgehead atoms. The van der Waals surface area contributed by atoms with Gasteiger partial charge in [0.1, 0.15) is 24.4 Å². The highest BCUT2D eigenvalue weighted by atomic mass is 16.7. The number of hydrogen-bond donors (Lipinski definition) is 2. The summed E-state index contributed by atoms with van der Waals surface area (Å²) in [5, 5.41) is 33.1. The third kappa shape index (κ3) is 9.48. The van der Waals surface area contributed by atoms with Crippen LogP contribution in [0.3, 0.4) is 0 Å². The molecule has 10 atom stereocenters. The lowest BCUT2D eigenvalue weighted by Gasteiger charge is -2.48. The maximum Gasteiger partial charge on any atom is 0.187 e. The molecular formula is C33H37N9O7. The van der Waals surface area contributed by atoms with Crippen molar-refractivity contribution in [3.05, 3.63) is 139 Å². The molecule has 0 aromatic heterocycles. The molecule has 5 rings (SSSR count). The van der Waals surface area contributed by atoms with Gasteiger partial charge in [0.25, 0.3) is 0 Å². The summed E-state index contributed by atoms with van der Waals surface area (Å²) in [6.07, 6.45) is -9.52. The summed E-state index contributed by atoms with van der Waals surface area (Å²) in [6, 6.07) is 26.3. The van der Waals surface area contributed by atoms with Gasteiger partial charge >= 0.3 is 0 Å². The molecule has 1 aliphatic heterocycles. The van der Waals surface area contributed by atoms with E-state index in [4.69, 9.17) is 29.2 Å². The van der Waals surface area contributed by atoms with Gasteiger partial charge in [0.2, 0.25) is 0 Å². The summed E-state index contributed by atoms with van der Waals surface area (Å²) >= 11 is 0. The third-order valence-corrected chi connectivity index (χ3v) is 8.41. The zero-order valence-corrected chi connectivity index (χ0v) is 26.4. The van der Waals surface area contributed by atoms with E-state index in [0.29, 0.717) is 0 Å². The van der Waals surface area contributed by atoms with E-state index >= 15 is 0 Å². The zero-order valence-electron chi connectivity index (χ0n) is 26.4. The molecule has 2 aliphatic rings. The lowest BCUT2D eigenvalue weighted by molar-refractivity contribution is -0.339. The van der Waals surface area contributed by atoms with Gasteiger partial charge in [-0.3, -0.25) is 0 Å². The normalized spacial score (nSPS) is 29.5. The third-order valence-electron chi connectivity index (χ3n) is 8.41. The number of rotatable bonds is 15. The van der Waals surface area contributed by atoms with E-state index in [0.717, 1.165) is 16.7 Å². The Kier molecular flexibility index (Phi) is 13.2. The van der Waals surface area contributed by atoms with Crippen LogP contribution in [0.2, 0.25) is 0 Å². The zero-order chi connectivity index (χ0) is 34.4. The van der Waals surface area contributed by atoms with Crippen LogP contribution in [-0.4, -0.2) is 77.9 Å². The molecule has 0 spiro atoms. The van der Waals surface area contributed by atoms with E-state index in [1.807, 2.05) is 91.0 Å². The van der Waals surface area contributed by atoms with Crippen LogP contribution in [0.25, 0.3) is 31.3 Å². The Bertz CT molecular complexity index is 1610. The summed E-state index contributed by atoms with van der Waals surface area (Å²) in [4.78, 5) is 8.58. The minimum atomic E-state index is -1.63. The number of aliphatic hydroxyl groups is 2. The second-order valence-electron chi connectivity index (χ2n) is 11.6. The smallest absolute Gasteiger partial charge is 0.187 e. The number of azide groups is 3. The van der Waals surface area contributed by atoms with Crippen LogP contribution >= 0.6 is 0 Å². The molecule has 1 aliphatic carbocycles. The van der Waals surface area contributed by atoms with Gasteiger partial charge in [-0.1, -0.05) is 106 Å². The molecule has 1 saturated carbocycles. The second-order valence-corrected chi connectivity index (χ2v) is 11.6. The van der Waals surface area contributed by atoms with Gasteiger partial charge in [-0.15, -0.1) is 0 Å². The lowest BCUT2D eigenvalue weighted by Crippen LogP contribution is -2.64. The molecule has 16 heteroatoms. The van der Waals surface area contributed by atoms with Gasteiger partial charge in [0.05, 0.1) is 56.8 Å². The molecule has 16 nitrogen and oxygen atoms in total. The van der Waals surface area contributed by atoms with Crippen LogP contribution in [0.4, 0.5) is 0 Å². The molecule has 3 aromatic carbocycles. The maximum atomic E-state index is 11.2. The average Bonchev–Trinajstić information content (AvgIpc) is 3.13. The molecule has 0 amide bonds. The molecular weight excluding hydrogens is 634 g/mol. The molecule has 0 radical (unpaired) electrons. The van der Waals surface area contributed by atoms with Crippen molar-refractivity contribution in [1.82, 2.24) is 0 Å². The van der Waals surface area contributed by atoms with E-state index in [1.165, 1.54) is 0 Å². The standard InChI is InChI=1S/C33H37N9O7/c34-40-37-17-26-30(45-18-21-10-4-1-5-11-21)31(46-19-22-12-6-2-7-13-22)32(47-20-23-14-8-3-9-15-23)33(48-26)49-29-25(39-42-36)16-24(38-41-35)27(43)28(29)44/h1-15,24-33,43-44H,16-20H2/t24-,25+,26+,27+,28-,29-,30+,31-,32+,33+/m1/s1. The van der Waals surface area contributed by atoms with Crippen molar-refractivity contribution in [2.75, 3.05) is 6.54 Å². The quantitative estimate of drug-likeness (QED) is 0.117. The Labute approximate surface area is 282 Å². The van der Waals surface area contributed by atoms with Gasteiger partial charge in [-0.25, -0.2) is 0 Å². The molecule has 1 heterocycles. The van der Waals surface area contributed by atoms with Crippen LogP contribution in [0, 0.1) is 0 Å². The highest BCUT2D eigenvalue weighted by molar-refractivity contribution is 5.16. The number of nitrogens with zero attached hydrogens (tertiary/aromatic N) is 9. The largest absolute Gasteiger partial charge is 0.390 e. The first-order valence-electron chi connectivity index (χ1n) is 15.7. The Morgan fingerprint density at radius 3 is 1.61 bits per heavy atom. The van der Waals surface area contributed by atoms with Gasteiger partial charge in [-0.05, 0) is 39.7 Å². The number of benzene rings is 3. The van der Waals surface area contributed by atoms with Gasteiger partial charge in [0, 0.05) is 14.7 Å². The predicted molar refractivity (Wildman–Crippen MR) is 175 cm³/mol. The van der Waals surface area contributed by atoms with Crippen LogP contribution in [0.5, 0.6) is 0 Å². The number of aliphatic hydroxyl groups excluding tert-OH is 2. The van der Waals surface area contributed by atoms with Gasteiger partial charge in [0.15, 0.2) is 6.29 Å². The summed E-state index contributed by atoms with van der Waals surface area (Å²) in [5.74, 6) is 0. The number of hydrogen-bond acceptors (Lipinski definition) is 10. The van der Waals surface area contributed by atoms with Crippen molar-refractivity contribution in [2.45, 2.75) is 87.3 Å². The van der Waals surface area contributed by atoms with Crippen molar-refractivity contribution >= 4 is 0 Å². The van der Waals surface area contributed by atoms with E-state index in [-0.39, 0.29) is 32.8 Å². The molecule has 49 heavy (non-hydrogen) atoms. The lowest BCUT2D eigenvalue weighted by atomic mass is 9.84. The monoisotopic (exact) mass is 671 g/mol. The molecule has 3 aromatic rings.